The Kier molecular flexibility index (Phi) is 5.50. The van der Waals surface area contributed by atoms with Crippen molar-refractivity contribution >= 4 is 21.6 Å². The van der Waals surface area contributed by atoms with Crippen LogP contribution in [0.2, 0.25) is 0 Å². The van der Waals surface area contributed by atoms with E-state index >= 15 is 0 Å². The van der Waals surface area contributed by atoms with Gasteiger partial charge in [-0.2, -0.15) is 0 Å². The number of hydrogen-bond donors (Lipinski definition) is 1. The fourth-order valence-electron chi connectivity index (χ4n) is 3.48. The third-order valence-electron chi connectivity index (χ3n) is 4.98. The van der Waals surface area contributed by atoms with Gasteiger partial charge in [0.2, 0.25) is 0 Å². The lowest BCUT2D eigenvalue weighted by atomic mass is 10.2. The normalized spacial score (nSPS) is 16.4. The Hall–Kier alpha value is -3.26. The summed E-state index contributed by atoms with van der Waals surface area (Å²) in [6.45, 7) is 0.682. The predicted octanol–water partition coefficient (Wildman–Crippen LogP) is 4.84. The molecule has 0 radical (unpaired) electrons. The number of nitrogens with zero attached hydrogens (tertiary/aromatic N) is 1. The Morgan fingerprint density at radius 3 is 2.33 bits per heavy atom. The average Bonchev–Trinajstić information content (AvgIpc) is 3.41. The topological polar surface area (TPSA) is 88.8 Å². The molecule has 4 rings (SSSR count). The molecule has 156 valence electrons. The van der Waals surface area contributed by atoms with Crippen molar-refractivity contribution < 1.29 is 22.4 Å². The number of ether oxygens (including phenoxy) is 1. The van der Waals surface area contributed by atoms with E-state index in [2.05, 4.69) is 5.32 Å². The van der Waals surface area contributed by atoms with Crippen molar-refractivity contribution in [2.45, 2.75) is 23.8 Å². The highest BCUT2D eigenvalue weighted by Gasteiger charge is 2.31. The molecule has 1 aliphatic rings. The molecule has 7 nitrogen and oxygen atoms in total. The summed E-state index contributed by atoms with van der Waals surface area (Å²) in [7, 11) is -3.24. The molecule has 3 aromatic rings. The SMILES string of the molecule is CS(=O)(=O)c1ccc(Oc2ccc(NC(=O)N3CCCC3c3ccco3)cc2)cc1. The fourth-order valence-corrected chi connectivity index (χ4v) is 4.11. The van der Waals surface area contributed by atoms with Crippen molar-refractivity contribution in [2.75, 3.05) is 18.1 Å². The van der Waals surface area contributed by atoms with Crippen molar-refractivity contribution in [1.82, 2.24) is 4.90 Å². The number of likely N-dealkylation sites (tertiary alicyclic amines) is 1. The fraction of sp³-hybridized carbons (Fsp3) is 0.227. The second-order valence-corrected chi connectivity index (χ2v) is 9.18. The summed E-state index contributed by atoms with van der Waals surface area (Å²) in [6.07, 6.45) is 4.60. The number of furan rings is 1. The first-order valence-electron chi connectivity index (χ1n) is 9.59. The van der Waals surface area contributed by atoms with Gasteiger partial charge in [-0.05, 0) is 73.5 Å². The number of sulfone groups is 1. The van der Waals surface area contributed by atoms with E-state index < -0.39 is 9.84 Å². The molecule has 0 saturated carbocycles. The number of anilines is 1. The predicted molar refractivity (Wildman–Crippen MR) is 112 cm³/mol. The van der Waals surface area contributed by atoms with Crippen molar-refractivity contribution in [3.8, 4) is 11.5 Å². The monoisotopic (exact) mass is 426 g/mol. The molecule has 2 heterocycles. The van der Waals surface area contributed by atoms with Crippen molar-refractivity contribution in [1.29, 1.82) is 0 Å². The molecule has 1 aliphatic heterocycles. The van der Waals surface area contributed by atoms with Gasteiger partial charge in [-0.1, -0.05) is 0 Å². The van der Waals surface area contributed by atoms with Gasteiger partial charge in [0.05, 0.1) is 17.2 Å². The Morgan fingerprint density at radius 1 is 1.07 bits per heavy atom. The van der Waals surface area contributed by atoms with Crippen LogP contribution in [0.15, 0.2) is 76.2 Å². The molecule has 1 atom stereocenters. The minimum atomic E-state index is -3.24. The van der Waals surface area contributed by atoms with E-state index in [1.807, 2.05) is 12.1 Å². The van der Waals surface area contributed by atoms with E-state index in [0.29, 0.717) is 23.7 Å². The molecule has 1 fully saturated rings. The Labute approximate surface area is 175 Å². The first kappa shape index (κ1) is 20.0. The second-order valence-electron chi connectivity index (χ2n) is 7.17. The largest absolute Gasteiger partial charge is 0.467 e. The van der Waals surface area contributed by atoms with Crippen LogP contribution >= 0.6 is 0 Å². The molecular weight excluding hydrogens is 404 g/mol. The number of amides is 2. The summed E-state index contributed by atoms with van der Waals surface area (Å²) in [5.41, 5.74) is 0.657. The minimum absolute atomic E-state index is 0.0440. The Balaban J connectivity index is 1.38. The van der Waals surface area contributed by atoms with Crippen LogP contribution in [0.4, 0.5) is 10.5 Å². The number of hydrogen-bond acceptors (Lipinski definition) is 5. The zero-order valence-electron chi connectivity index (χ0n) is 16.4. The smallest absolute Gasteiger partial charge is 0.322 e. The maximum absolute atomic E-state index is 12.7. The standard InChI is InChI=1S/C22H22N2O5S/c1-30(26,27)19-12-10-18(11-13-19)29-17-8-6-16(7-9-17)23-22(25)24-14-2-4-20(24)21-5-3-15-28-21/h3,5-13,15,20H,2,4,14H2,1H3,(H,23,25). The molecule has 8 heteroatoms. The number of benzene rings is 2. The Morgan fingerprint density at radius 2 is 1.73 bits per heavy atom. The van der Waals surface area contributed by atoms with Crippen molar-refractivity contribution in [2.24, 2.45) is 0 Å². The summed E-state index contributed by atoms with van der Waals surface area (Å²) in [5, 5.41) is 2.91. The van der Waals surface area contributed by atoms with E-state index in [-0.39, 0.29) is 17.0 Å². The van der Waals surface area contributed by atoms with E-state index in [9.17, 15) is 13.2 Å². The summed E-state index contributed by atoms with van der Waals surface area (Å²) in [6, 6.07) is 16.7. The van der Waals surface area contributed by atoms with E-state index in [4.69, 9.17) is 9.15 Å². The second kappa shape index (κ2) is 8.23. The van der Waals surface area contributed by atoms with E-state index in [0.717, 1.165) is 24.9 Å². The van der Waals surface area contributed by atoms with Gasteiger partial charge in [0.1, 0.15) is 17.3 Å². The average molecular weight is 426 g/mol. The number of urea groups is 1. The van der Waals surface area contributed by atoms with Gasteiger partial charge < -0.3 is 19.4 Å². The highest BCUT2D eigenvalue weighted by Crippen LogP contribution is 2.33. The van der Waals surface area contributed by atoms with E-state index in [1.54, 1.807) is 47.6 Å². The maximum atomic E-state index is 12.7. The van der Waals surface area contributed by atoms with Gasteiger partial charge in [0.25, 0.3) is 0 Å². The summed E-state index contributed by atoms with van der Waals surface area (Å²) >= 11 is 0. The first-order valence-corrected chi connectivity index (χ1v) is 11.5. The van der Waals surface area contributed by atoms with Crippen LogP contribution in [-0.2, 0) is 9.84 Å². The number of carbonyl (C=O) groups excluding carboxylic acids is 1. The van der Waals surface area contributed by atoms with Gasteiger partial charge in [-0.25, -0.2) is 13.2 Å². The molecular formula is C22H22N2O5S. The van der Waals surface area contributed by atoms with Crippen LogP contribution in [-0.4, -0.2) is 32.1 Å². The number of nitrogens with one attached hydrogen (secondary N) is 1. The van der Waals surface area contributed by atoms with Crippen LogP contribution in [0.1, 0.15) is 24.6 Å². The number of rotatable bonds is 5. The van der Waals surface area contributed by atoms with E-state index in [1.165, 1.54) is 12.1 Å². The minimum Gasteiger partial charge on any atom is -0.467 e. The third-order valence-corrected chi connectivity index (χ3v) is 6.11. The summed E-state index contributed by atoms with van der Waals surface area (Å²) in [4.78, 5) is 14.7. The quantitative estimate of drug-likeness (QED) is 0.630. The first-order chi connectivity index (χ1) is 14.4. The lowest BCUT2D eigenvalue weighted by molar-refractivity contribution is 0.200. The van der Waals surface area contributed by atoms with Gasteiger partial charge >= 0.3 is 6.03 Å². The summed E-state index contributed by atoms with van der Waals surface area (Å²) in [5.74, 6) is 1.90. The molecule has 2 amide bonds. The lowest BCUT2D eigenvalue weighted by Gasteiger charge is -2.23. The molecule has 1 aromatic heterocycles. The highest BCUT2D eigenvalue weighted by molar-refractivity contribution is 7.90. The van der Waals surface area contributed by atoms with Crippen molar-refractivity contribution in [3.63, 3.8) is 0 Å². The van der Waals surface area contributed by atoms with Gasteiger partial charge in [-0.15, -0.1) is 0 Å². The van der Waals surface area contributed by atoms with Crippen LogP contribution in [0.3, 0.4) is 0 Å². The Bertz CT molecular complexity index is 1110. The molecule has 2 aromatic carbocycles. The van der Waals surface area contributed by atoms with Crippen LogP contribution in [0.25, 0.3) is 0 Å². The molecule has 30 heavy (non-hydrogen) atoms. The van der Waals surface area contributed by atoms with Crippen molar-refractivity contribution in [3.05, 3.63) is 72.7 Å². The van der Waals surface area contributed by atoms with Crippen LogP contribution < -0.4 is 10.1 Å². The molecule has 0 aliphatic carbocycles. The molecule has 1 saturated heterocycles. The van der Waals surface area contributed by atoms with Gasteiger partial charge in [-0.3, -0.25) is 0 Å². The highest BCUT2D eigenvalue weighted by atomic mass is 32.2. The van der Waals surface area contributed by atoms with Gasteiger partial charge in [0, 0.05) is 18.5 Å². The lowest BCUT2D eigenvalue weighted by Crippen LogP contribution is -2.34. The zero-order chi connectivity index (χ0) is 21.1. The molecule has 1 unspecified atom stereocenters. The maximum Gasteiger partial charge on any atom is 0.322 e. The third kappa shape index (κ3) is 4.49. The molecule has 0 spiro atoms. The van der Waals surface area contributed by atoms with Crippen LogP contribution in [0, 0.1) is 0 Å². The van der Waals surface area contributed by atoms with Crippen LogP contribution in [0.5, 0.6) is 11.5 Å². The zero-order valence-corrected chi connectivity index (χ0v) is 17.3. The summed E-state index contributed by atoms with van der Waals surface area (Å²) < 4.78 is 34.3. The van der Waals surface area contributed by atoms with Gasteiger partial charge in [0.15, 0.2) is 9.84 Å². The molecule has 0 bridgehead atoms. The number of carbonyl (C=O) groups is 1. The molecule has 1 N–H and O–H groups in total.